The molecule has 0 amide bonds. The van der Waals surface area contributed by atoms with Gasteiger partial charge in [-0.15, -0.1) is 11.6 Å². The van der Waals surface area contributed by atoms with Gasteiger partial charge in [0.15, 0.2) is 11.5 Å². The molecule has 8 nitrogen and oxygen atoms in total. The summed E-state index contributed by atoms with van der Waals surface area (Å²) in [5.41, 5.74) is -4.80. The van der Waals surface area contributed by atoms with Crippen molar-refractivity contribution in [2.75, 3.05) is 27.6 Å². The van der Waals surface area contributed by atoms with Crippen molar-refractivity contribution in [3.8, 4) is 11.5 Å². The number of methoxy groups -OCH3 is 2. The standard InChI is InChI=1S/C29H36Cl2O8/c1-25(12-36-4)7-6-8-28(24(34)37-5)22(25)20(31)23(33)27(3)17-9-14-19(15(30)10-16-21(14)39-13-38-16)26(17,2)18(32)11-29(27,28)35/h9-10,18,20,22-23,32-33,35H,6-8,11-13H2,1-5H3. The van der Waals surface area contributed by atoms with Gasteiger partial charge in [-0.25, -0.2) is 0 Å². The molecule has 9 unspecified atom stereocenters. The molecule has 10 heteroatoms. The monoisotopic (exact) mass is 582 g/mol. The minimum Gasteiger partial charge on any atom is -0.468 e. The number of carbonyl (C=O) groups excluding carboxylic acids is 1. The molecule has 1 aromatic carbocycles. The smallest absolute Gasteiger partial charge is 0.315 e. The lowest BCUT2D eigenvalue weighted by atomic mass is 9.34. The SMILES string of the molecule is COCC1(C)CCCC2(C(=O)OC)C1C(Cl)C(O)C1(C)C3=Cc4c5c(cc(Cl)c4C3(C)C(O)CC12O)OCO5. The lowest BCUT2D eigenvalue weighted by Crippen LogP contribution is -2.81. The van der Waals surface area contributed by atoms with Gasteiger partial charge in [0.05, 0.1) is 36.9 Å². The Bertz CT molecular complexity index is 1280. The van der Waals surface area contributed by atoms with Crippen LogP contribution >= 0.6 is 23.2 Å². The van der Waals surface area contributed by atoms with Crippen LogP contribution in [0.1, 0.15) is 57.6 Å². The molecule has 0 saturated heterocycles. The van der Waals surface area contributed by atoms with E-state index in [1.165, 1.54) is 7.11 Å². The molecule has 214 valence electrons. The fourth-order valence-electron chi connectivity index (χ4n) is 9.50. The third-order valence-electron chi connectivity index (χ3n) is 11.2. The zero-order chi connectivity index (χ0) is 28.3. The number of aliphatic hydroxyl groups excluding tert-OH is 2. The summed E-state index contributed by atoms with van der Waals surface area (Å²) in [5.74, 6) is -0.300. The number of aliphatic hydroxyl groups is 3. The van der Waals surface area contributed by atoms with Crippen LogP contribution in [0, 0.1) is 22.2 Å². The van der Waals surface area contributed by atoms with Gasteiger partial charge in [-0.05, 0) is 42.4 Å². The topological polar surface area (TPSA) is 115 Å². The van der Waals surface area contributed by atoms with E-state index in [2.05, 4.69) is 0 Å². The van der Waals surface area contributed by atoms with E-state index < -0.39 is 56.7 Å². The average molecular weight is 584 g/mol. The Labute approximate surface area is 238 Å². The summed E-state index contributed by atoms with van der Waals surface area (Å²) in [6, 6.07) is 1.67. The normalized spacial score (nSPS) is 45.5. The van der Waals surface area contributed by atoms with Gasteiger partial charge in [-0.3, -0.25) is 4.79 Å². The Morgan fingerprint density at radius 3 is 2.56 bits per heavy atom. The molecule has 9 atom stereocenters. The van der Waals surface area contributed by atoms with E-state index in [-0.39, 0.29) is 19.8 Å². The van der Waals surface area contributed by atoms with Crippen LogP contribution in [-0.4, -0.2) is 72.1 Å². The quantitative estimate of drug-likeness (QED) is 0.364. The zero-order valence-corrected chi connectivity index (χ0v) is 24.4. The van der Waals surface area contributed by atoms with E-state index in [1.54, 1.807) is 20.1 Å². The number of carbonyl (C=O) groups is 1. The van der Waals surface area contributed by atoms with E-state index in [0.29, 0.717) is 52.5 Å². The maximum absolute atomic E-state index is 14.1. The highest BCUT2D eigenvalue weighted by Gasteiger charge is 2.82. The lowest BCUT2D eigenvalue weighted by molar-refractivity contribution is -0.294. The molecule has 0 radical (unpaired) electrons. The van der Waals surface area contributed by atoms with Crippen molar-refractivity contribution in [1.29, 1.82) is 0 Å². The van der Waals surface area contributed by atoms with E-state index in [4.69, 9.17) is 42.1 Å². The molecule has 1 aliphatic heterocycles. The first-order valence-corrected chi connectivity index (χ1v) is 14.3. The third-order valence-corrected chi connectivity index (χ3v) is 12.0. The molecule has 5 aliphatic rings. The summed E-state index contributed by atoms with van der Waals surface area (Å²) in [4.78, 5) is 14.1. The van der Waals surface area contributed by atoms with Crippen molar-refractivity contribution in [2.45, 2.75) is 75.1 Å². The van der Waals surface area contributed by atoms with Crippen LogP contribution in [0.3, 0.4) is 0 Å². The molecule has 3 saturated carbocycles. The Morgan fingerprint density at radius 2 is 1.90 bits per heavy atom. The number of alkyl halides is 1. The first-order valence-electron chi connectivity index (χ1n) is 13.4. The molecular weight excluding hydrogens is 547 g/mol. The van der Waals surface area contributed by atoms with Crippen molar-refractivity contribution < 1.29 is 39.1 Å². The number of hydrogen-bond acceptors (Lipinski definition) is 8. The minimum atomic E-state index is -1.92. The molecule has 0 spiro atoms. The average Bonchev–Trinajstić information content (AvgIpc) is 3.48. The number of benzene rings is 1. The van der Waals surface area contributed by atoms with Gasteiger partial charge >= 0.3 is 5.97 Å². The van der Waals surface area contributed by atoms with Crippen molar-refractivity contribution in [3.05, 3.63) is 27.8 Å². The van der Waals surface area contributed by atoms with Crippen LogP contribution in [0.4, 0.5) is 0 Å². The molecule has 39 heavy (non-hydrogen) atoms. The van der Waals surface area contributed by atoms with Crippen molar-refractivity contribution in [2.24, 2.45) is 22.2 Å². The molecule has 3 fully saturated rings. The summed E-state index contributed by atoms with van der Waals surface area (Å²) in [5, 5.41) is 36.8. The summed E-state index contributed by atoms with van der Waals surface area (Å²) >= 11 is 14.1. The van der Waals surface area contributed by atoms with Crippen LogP contribution in [0.2, 0.25) is 5.02 Å². The third kappa shape index (κ3) is 2.93. The van der Waals surface area contributed by atoms with E-state index in [1.807, 2.05) is 19.9 Å². The van der Waals surface area contributed by atoms with Crippen molar-refractivity contribution in [3.63, 3.8) is 0 Å². The molecule has 1 aromatic rings. The van der Waals surface area contributed by atoms with Gasteiger partial charge in [0.1, 0.15) is 5.41 Å². The van der Waals surface area contributed by atoms with Crippen LogP contribution in [0.15, 0.2) is 11.6 Å². The Kier molecular flexibility index (Phi) is 6.01. The number of rotatable bonds is 3. The van der Waals surface area contributed by atoms with Crippen LogP contribution in [0.25, 0.3) is 6.08 Å². The van der Waals surface area contributed by atoms with Gasteiger partial charge < -0.3 is 34.3 Å². The maximum atomic E-state index is 14.1. The van der Waals surface area contributed by atoms with Gasteiger partial charge in [-0.2, -0.15) is 0 Å². The predicted molar refractivity (Wildman–Crippen MR) is 144 cm³/mol. The highest BCUT2D eigenvalue weighted by atomic mass is 35.5. The van der Waals surface area contributed by atoms with Crippen LogP contribution < -0.4 is 9.47 Å². The number of ether oxygens (including phenoxy) is 4. The minimum absolute atomic E-state index is 0.0311. The molecule has 0 bridgehead atoms. The van der Waals surface area contributed by atoms with E-state index >= 15 is 0 Å². The second-order valence-corrected chi connectivity index (χ2v) is 13.6. The van der Waals surface area contributed by atoms with E-state index in [9.17, 15) is 20.1 Å². The Morgan fingerprint density at radius 1 is 1.18 bits per heavy atom. The van der Waals surface area contributed by atoms with Gasteiger partial charge in [0.25, 0.3) is 0 Å². The number of esters is 1. The fourth-order valence-corrected chi connectivity index (χ4v) is 10.7. The Balaban J connectivity index is 1.65. The van der Waals surface area contributed by atoms with E-state index in [0.717, 1.165) is 0 Å². The molecule has 3 N–H and O–H groups in total. The lowest BCUT2D eigenvalue weighted by Gasteiger charge is -2.72. The molecule has 0 aromatic heterocycles. The Hall–Kier alpha value is -1.55. The maximum Gasteiger partial charge on any atom is 0.315 e. The van der Waals surface area contributed by atoms with Crippen molar-refractivity contribution in [1.82, 2.24) is 0 Å². The first-order chi connectivity index (χ1) is 18.3. The summed E-state index contributed by atoms with van der Waals surface area (Å²) in [7, 11) is 2.89. The summed E-state index contributed by atoms with van der Waals surface area (Å²) in [6.45, 7) is 5.91. The van der Waals surface area contributed by atoms with Crippen LogP contribution in [-0.2, 0) is 19.7 Å². The number of halogens is 2. The number of fused-ring (bicyclic) bond motifs is 9. The highest BCUT2D eigenvalue weighted by molar-refractivity contribution is 6.32. The molecule has 1 heterocycles. The summed E-state index contributed by atoms with van der Waals surface area (Å²) in [6.07, 6.45) is 0.799. The highest BCUT2D eigenvalue weighted by Crippen LogP contribution is 2.75. The largest absolute Gasteiger partial charge is 0.468 e. The fraction of sp³-hybridized carbons (Fsp3) is 0.690. The number of hydrogen-bond donors (Lipinski definition) is 3. The van der Waals surface area contributed by atoms with Crippen molar-refractivity contribution >= 4 is 35.2 Å². The second-order valence-electron chi connectivity index (χ2n) is 12.7. The van der Waals surface area contributed by atoms with Crippen LogP contribution in [0.5, 0.6) is 11.5 Å². The molecule has 6 rings (SSSR count). The predicted octanol–water partition coefficient (Wildman–Crippen LogP) is 3.82. The van der Waals surface area contributed by atoms with Gasteiger partial charge in [0.2, 0.25) is 6.79 Å². The second kappa shape index (κ2) is 8.49. The zero-order valence-electron chi connectivity index (χ0n) is 22.8. The molecular formula is C29H36Cl2O8. The summed E-state index contributed by atoms with van der Waals surface area (Å²) < 4.78 is 22.4. The first kappa shape index (κ1) is 27.6. The van der Waals surface area contributed by atoms with Gasteiger partial charge in [0, 0.05) is 46.9 Å². The molecule has 4 aliphatic carbocycles. The van der Waals surface area contributed by atoms with Gasteiger partial charge in [-0.1, -0.05) is 31.9 Å².